The van der Waals surface area contributed by atoms with Gasteiger partial charge >= 0.3 is 0 Å². The van der Waals surface area contributed by atoms with Gasteiger partial charge in [0, 0.05) is 19.3 Å². The highest BCUT2D eigenvalue weighted by atomic mass is 32.2. The fourth-order valence-electron chi connectivity index (χ4n) is 2.15. The van der Waals surface area contributed by atoms with Crippen LogP contribution in [0.5, 0.6) is 0 Å². The second-order valence-electron chi connectivity index (χ2n) is 4.83. The molecular formula is C13H18N2O5S. The first-order valence-electron chi connectivity index (χ1n) is 6.45. The summed E-state index contributed by atoms with van der Waals surface area (Å²) in [4.78, 5) is 12.0. The number of ether oxygens (including phenoxy) is 2. The summed E-state index contributed by atoms with van der Waals surface area (Å²) in [6.45, 7) is 1.18. The Morgan fingerprint density at radius 1 is 1.52 bits per heavy atom. The fourth-order valence-corrected chi connectivity index (χ4v) is 2.94. The first kappa shape index (κ1) is 15.9. The van der Waals surface area contributed by atoms with E-state index in [1.54, 1.807) is 6.07 Å². The number of hydrogen-bond donors (Lipinski definition) is 2. The third-order valence-corrected chi connectivity index (χ3v) is 4.19. The first-order chi connectivity index (χ1) is 9.91. The molecule has 1 aromatic rings. The van der Waals surface area contributed by atoms with Crippen molar-refractivity contribution in [3.8, 4) is 0 Å². The van der Waals surface area contributed by atoms with Crippen molar-refractivity contribution in [2.24, 2.45) is 5.14 Å². The van der Waals surface area contributed by atoms with Crippen LogP contribution in [0.25, 0.3) is 0 Å². The highest BCUT2D eigenvalue weighted by Crippen LogP contribution is 2.18. The predicted octanol–water partition coefficient (Wildman–Crippen LogP) is -0.000900. The average molecular weight is 314 g/mol. The van der Waals surface area contributed by atoms with Crippen LogP contribution >= 0.6 is 0 Å². The topological polar surface area (TPSA) is 108 Å². The normalized spacial score (nSPS) is 18.7. The standard InChI is InChI=1S/C13H18N2O5S/c1-19-7-10-3-2-9(6-12(10)21(14,17)18)13(16)15-11-4-5-20-8-11/h2-3,6,11H,4-5,7-8H2,1H3,(H,15,16)(H2,14,17,18). The zero-order valence-electron chi connectivity index (χ0n) is 11.7. The third kappa shape index (κ3) is 4.01. The Kier molecular flexibility index (Phi) is 4.94. The van der Waals surface area contributed by atoms with Gasteiger partial charge in [-0.3, -0.25) is 4.79 Å². The lowest BCUT2D eigenvalue weighted by Gasteiger charge is -2.13. The predicted molar refractivity (Wildman–Crippen MR) is 75.2 cm³/mol. The molecule has 0 aromatic heterocycles. The minimum atomic E-state index is -3.92. The van der Waals surface area contributed by atoms with Gasteiger partial charge in [-0.25, -0.2) is 13.6 Å². The van der Waals surface area contributed by atoms with Crippen LogP contribution in [0.2, 0.25) is 0 Å². The lowest BCUT2D eigenvalue weighted by Crippen LogP contribution is -2.35. The second-order valence-corrected chi connectivity index (χ2v) is 6.36. The smallest absolute Gasteiger partial charge is 0.251 e. The molecule has 1 saturated heterocycles. The van der Waals surface area contributed by atoms with E-state index in [0.717, 1.165) is 6.42 Å². The van der Waals surface area contributed by atoms with Crippen LogP contribution in [0.3, 0.4) is 0 Å². The number of sulfonamides is 1. The number of nitrogens with two attached hydrogens (primary N) is 1. The molecule has 2 rings (SSSR count). The molecule has 0 bridgehead atoms. The first-order valence-corrected chi connectivity index (χ1v) is 7.99. The lowest BCUT2D eigenvalue weighted by atomic mass is 10.1. The van der Waals surface area contributed by atoms with Crippen molar-refractivity contribution in [3.05, 3.63) is 29.3 Å². The van der Waals surface area contributed by atoms with Crippen LogP contribution in [-0.4, -0.2) is 40.7 Å². The molecule has 1 atom stereocenters. The Morgan fingerprint density at radius 3 is 2.86 bits per heavy atom. The van der Waals surface area contributed by atoms with Crippen molar-refractivity contribution in [2.45, 2.75) is 24.0 Å². The molecule has 1 aromatic carbocycles. The van der Waals surface area contributed by atoms with E-state index in [-0.39, 0.29) is 29.0 Å². The van der Waals surface area contributed by atoms with E-state index in [4.69, 9.17) is 14.6 Å². The van der Waals surface area contributed by atoms with Crippen LogP contribution in [0.1, 0.15) is 22.3 Å². The zero-order chi connectivity index (χ0) is 15.5. The van der Waals surface area contributed by atoms with Gasteiger partial charge in [-0.05, 0) is 24.1 Å². The van der Waals surface area contributed by atoms with Gasteiger partial charge in [-0.15, -0.1) is 0 Å². The van der Waals surface area contributed by atoms with Gasteiger partial charge < -0.3 is 14.8 Å². The van der Waals surface area contributed by atoms with Gasteiger partial charge in [0.1, 0.15) is 0 Å². The molecule has 3 N–H and O–H groups in total. The summed E-state index contributed by atoms with van der Waals surface area (Å²) in [5.74, 6) is -0.348. The molecular weight excluding hydrogens is 296 g/mol. The number of carbonyl (C=O) groups is 1. The van der Waals surface area contributed by atoms with E-state index < -0.39 is 10.0 Å². The van der Waals surface area contributed by atoms with Crippen molar-refractivity contribution < 1.29 is 22.7 Å². The number of nitrogens with one attached hydrogen (secondary N) is 1. The van der Waals surface area contributed by atoms with E-state index in [1.807, 2.05) is 0 Å². The second kappa shape index (κ2) is 6.52. The van der Waals surface area contributed by atoms with Crippen LogP contribution in [0, 0.1) is 0 Å². The van der Waals surface area contributed by atoms with Crippen LogP contribution in [0.4, 0.5) is 0 Å². The Morgan fingerprint density at radius 2 is 2.29 bits per heavy atom. The summed E-state index contributed by atoms with van der Waals surface area (Å²) in [6.07, 6.45) is 0.746. The summed E-state index contributed by atoms with van der Waals surface area (Å²) >= 11 is 0. The maximum Gasteiger partial charge on any atom is 0.251 e. The zero-order valence-corrected chi connectivity index (χ0v) is 12.5. The van der Waals surface area contributed by atoms with E-state index in [9.17, 15) is 13.2 Å². The average Bonchev–Trinajstić information content (AvgIpc) is 2.91. The monoisotopic (exact) mass is 314 g/mol. The molecule has 0 aliphatic carbocycles. The maximum absolute atomic E-state index is 12.1. The number of primary sulfonamides is 1. The molecule has 0 spiro atoms. The van der Waals surface area contributed by atoms with Crippen molar-refractivity contribution in [1.29, 1.82) is 0 Å². The number of methoxy groups -OCH3 is 1. The number of carbonyl (C=O) groups excluding carboxylic acids is 1. The third-order valence-electron chi connectivity index (χ3n) is 3.20. The van der Waals surface area contributed by atoms with Crippen molar-refractivity contribution >= 4 is 15.9 Å². The van der Waals surface area contributed by atoms with Crippen molar-refractivity contribution in [3.63, 3.8) is 0 Å². The quantitative estimate of drug-likeness (QED) is 0.795. The SMILES string of the molecule is COCc1ccc(C(=O)NC2CCOC2)cc1S(N)(=O)=O. The minimum absolute atomic E-state index is 0.0471. The molecule has 7 nitrogen and oxygen atoms in total. The Labute approximate surface area is 123 Å². The molecule has 1 amide bonds. The maximum atomic E-state index is 12.1. The highest BCUT2D eigenvalue weighted by Gasteiger charge is 2.21. The summed E-state index contributed by atoms with van der Waals surface area (Å²) in [7, 11) is -2.47. The largest absolute Gasteiger partial charge is 0.380 e. The minimum Gasteiger partial charge on any atom is -0.380 e. The van der Waals surface area contributed by atoms with Gasteiger partial charge in [0.2, 0.25) is 10.0 Å². The van der Waals surface area contributed by atoms with Crippen molar-refractivity contribution in [2.75, 3.05) is 20.3 Å². The van der Waals surface area contributed by atoms with Gasteiger partial charge in [-0.2, -0.15) is 0 Å². The summed E-state index contributed by atoms with van der Waals surface area (Å²) in [5.41, 5.74) is 0.659. The summed E-state index contributed by atoms with van der Waals surface area (Å²) in [6, 6.07) is 4.31. The lowest BCUT2D eigenvalue weighted by molar-refractivity contribution is 0.0929. The molecule has 1 aliphatic rings. The number of amides is 1. The van der Waals surface area contributed by atoms with Crippen LogP contribution in [0.15, 0.2) is 23.1 Å². The van der Waals surface area contributed by atoms with Gasteiger partial charge in [0.25, 0.3) is 5.91 Å². The van der Waals surface area contributed by atoms with Crippen LogP contribution in [-0.2, 0) is 26.1 Å². The Balaban J connectivity index is 2.26. The van der Waals surface area contributed by atoms with E-state index in [0.29, 0.717) is 18.8 Å². The molecule has 1 aliphatic heterocycles. The molecule has 1 heterocycles. The van der Waals surface area contributed by atoms with E-state index in [1.165, 1.54) is 19.2 Å². The summed E-state index contributed by atoms with van der Waals surface area (Å²) in [5, 5.41) is 7.98. The van der Waals surface area contributed by atoms with Gasteiger partial charge in [0.15, 0.2) is 0 Å². The van der Waals surface area contributed by atoms with Gasteiger partial charge in [0.05, 0.1) is 24.2 Å². The molecule has 0 radical (unpaired) electrons. The number of benzene rings is 1. The van der Waals surface area contributed by atoms with Crippen LogP contribution < -0.4 is 10.5 Å². The fraction of sp³-hybridized carbons (Fsp3) is 0.462. The number of rotatable bonds is 5. The van der Waals surface area contributed by atoms with E-state index >= 15 is 0 Å². The molecule has 0 saturated carbocycles. The molecule has 1 unspecified atom stereocenters. The molecule has 116 valence electrons. The molecule has 21 heavy (non-hydrogen) atoms. The Hall–Kier alpha value is -1.48. The van der Waals surface area contributed by atoms with E-state index in [2.05, 4.69) is 5.32 Å². The summed E-state index contributed by atoms with van der Waals surface area (Å²) < 4.78 is 33.3. The van der Waals surface area contributed by atoms with Gasteiger partial charge in [-0.1, -0.05) is 6.07 Å². The molecule has 1 fully saturated rings. The number of hydrogen-bond acceptors (Lipinski definition) is 5. The molecule has 8 heteroatoms. The highest BCUT2D eigenvalue weighted by molar-refractivity contribution is 7.89. The van der Waals surface area contributed by atoms with Crippen molar-refractivity contribution in [1.82, 2.24) is 5.32 Å². The Bertz CT molecular complexity index is 623.